The number of nitrogens with one attached hydrogen (secondary N) is 1. The Hall–Kier alpha value is -1.32. The molecule has 0 aliphatic carbocycles. The molecule has 1 N–H and O–H groups in total. The van der Waals surface area contributed by atoms with Crippen LogP contribution in [0.5, 0.6) is 0 Å². The van der Waals surface area contributed by atoms with E-state index in [9.17, 15) is 4.79 Å². The Morgan fingerprint density at radius 3 is 3.06 bits per heavy atom. The van der Waals surface area contributed by atoms with E-state index in [1.54, 1.807) is 0 Å². The average molecular weight is 221 g/mol. The molecule has 2 heterocycles. The van der Waals surface area contributed by atoms with E-state index in [1.807, 2.05) is 17.9 Å². The minimum atomic E-state index is 0.0795. The van der Waals surface area contributed by atoms with Gasteiger partial charge in [-0.05, 0) is 38.7 Å². The highest BCUT2D eigenvalue weighted by atomic mass is 16.2. The first-order chi connectivity index (χ1) is 7.72. The third-order valence-corrected chi connectivity index (χ3v) is 3.28. The summed E-state index contributed by atoms with van der Waals surface area (Å²) in [4.78, 5) is 14.2. The maximum atomic E-state index is 12.2. The maximum Gasteiger partial charge on any atom is 0.274 e. The molecule has 1 aromatic heterocycles. The molecule has 1 amide bonds. The van der Waals surface area contributed by atoms with Gasteiger partial charge in [0, 0.05) is 18.3 Å². The van der Waals surface area contributed by atoms with E-state index in [0.717, 1.165) is 31.5 Å². The predicted molar refractivity (Wildman–Crippen MR) is 62.3 cm³/mol. The zero-order valence-corrected chi connectivity index (χ0v) is 9.99. The number of aromatic nitrogens is 2. The number of likely N-dealkylation sites (tertiary alicyclic amines) is 1. The van der Waals surface area contributed by atoms with E-state index in [2.05, 4.69) is 17.1 Å². The van der Waals surface area contributed by atoms with Gasteiger partial charge in [0.1, 0.15) is 5.69 Å². The van der Waals surface area contributed by atoms with Gasteiger partial charge in [-0.25, -0.2) is 0 Å². The third-order valence-electron chi connectivity index (χ3n) is 3.28. The lowest BCUT2D eigenvalue weighted by Crippen LogP contribution is -2.43. The first-order valence-electron chi connectivity index (χ1n) is 6.05. The van der Waals surface area contributed by atoms with Gasteiger partial charge in [0.15, 0.2) is 0 Å². The Bertz CT molecular complexity index is 372. The van der Waals surface area contributed by atoms with Gasteiger partial charge >= 0.3 is 0 Å². The number of aryl methyl sites for hydroxylation is 1. The number of nitrogens with zero attached hydrogens (tertiary/aromatic N) is 2. The van der Waals surface area contributed by atoms with Crippen LogP contribution >= 0.6 is 0 Å². The van der Waals surface area contributed by atoms with Gasteiger partial charge in [0.25, 0.3) is 5.91 Å². The van der Waals surface area contributed by atoms with Crippen LogP contribution in [0.3, 0.4) is 0 Å². The summed E-state index contributed by atoms with van der Waals surface area (Å²) in [7, 11) is 0. The minimum absolute atomic E-state index is 0.0795. The molecule has 0 spiro atoms. The van der Waals surface area contributed by atoms with E-state index >= 15 is 0 Å². The largest absolute Gasteiger partial charge is 0.334 e. The number of aromatic amines is 1. The first-order valence-corrected chi connectivity index (χ1v) is 6.05. The molecule has 16 heavy (non-hydrogen) atoms. The zero-order valence-electron chi connectivity index (χ0n) is 9.99. The molecule has 0 bridgehead atoms. The topological polar surface area (TPSA) is 49.0 Å². The molecular weight excluding hydrogens is 202 g/mol. The molecule has 4 heteroatoms. The van der Waals surface area contributed by atoms with Crippen molar-refractivity contribution in [3.63, 3.8) is 0 Å². The second-order valence-corrected chi connectivity index (χ2v) is 4.49. The van der Waals surface area contributed by atoms with Gasteiger partial charge < -0.3 is 4.90 Å². The molecule has 1 saturated heterocycles. The summed E-state index contributed by atoms with van der Waals surface area (Å²) in [6.45, 7) is 4.94. The van der Waals surface area contributed by atoms with Gasteiger partial charge in [0.2, 0.25) is 0 Å². The van der Waals surface area contributed by atoms with E-state index in [4.69, 9.17) is 0 Å². The number of hydrogen-bond donors (Lipinski definition) is 1. The highest BCUT2D eigenvalue weighted by Crippen LogP contribution is 2.21. The second-order valence-electron chi connectivity index (χ2n) is 4.49. The fourth-order valence-electron chi connectivity index (χ4n) is 2.37. The Morgan fingerprint density at radius 1 is 1.62 bits per heavy atom. The average Bonchev–Trinajstić information content (AvgIpc) is 2.75. The summed E-state index contributed by atoms with van der Waals surface area (Å²) < 4.78 is 0. The van der Waals surface area contributed by atoms with Crippen LogP contribution in [-0.2, 0) is 0 Å². The van der Waals surface area contributed by atoms with Crippen molar-refractivity contribution in [3.05, 3.63) is 17.5 Å². The minimum Gasteiger partial charge on any atom is -0.334 e. The van der Waals surface area contributed by atoms with Crippen LogP contribution in [-0.4, -0.2) is 33.6 Å². The van der Waals surface area contributed by atoms with E-state index < -0.39 is 0 Å². The van der Waals surface area contributed by atoms with Crippen molar-refractivity contribution in [3.8, 4) is 0 Å². The standard InChI is InChI=1S/C12H19N3O/c1-3-10-6-4-5-7-15(10)12(16)11-8-9(2)13-14-11/h8,10H,3-7H2,1-2H3,(H,13,14). The number of piperidine rings is 1. The molecule has 1 atom stereocenters. The highest BCUT2D eigenvalue weighted by molar-refractivity contribution is 5.92. The molecule has 1 aliphatic rings. The molecule has 2 rings (SSSR count). The summed E-state index contributed by atoms with van der Waals surface area (Å²) in [5.41, 5.74) is 1.49. The van der Waals surface area contributed by atoms with Crippen LogP contribution in [0.25, 0.3) is 0 Å². The molecule has 1 aromatic rings. The van der Waals surface area contributed by atoms with Gasteiger partial charge in [-0.15, -0.1) is 0 Å². The summed E-state index contributed by atoms with van der Waals surface area (Å²) in [5, 5.41) is 6.87. The number of amides is 1. The van der Waals surface area contributed by atoms with Crippen LogP contribution in [0.4, 0.5) is 0 Å². The van der Waals surface area contributed by atoms with Crippen LogP contribution in [0.15, 0.2) is 6.07 Å². The number of carbonyl (C=O) groups excluding carboxylic acids is 1. The van der Waals surface area contributed by atoms with Crippen LogP contribution < -0.4 is 0 Å². The number of carbonyl (C=O) groups is 1. The molecule has 4 nitrogen and oxygen atoms in total. The zero-order chi connectivity index (χ0) is 11.5. The van der Waals surface area contributed by atoms with Gasteiger partial charge in [-0.2, -0.15) is 5.10 Å². The Labute approximate surface area is 96.0 Å². The molecular formula is C12H19N3O. The monoisotopic (exact) mass is 221 g/mol. The smallest absolute Gasteiger partial charge is 0.274 e. The predicted octanol–water partition coefficient (Wildman–Crippen LogP) is 2.12. The van der Waals surface area contributed by atoms with Gasteiger partial charge in [0.05, 0.1) is 0 Å². The summed E-state index contributed by atoms with van der Waals surface area (Å²) in [6, 6.07) is 2.22. The van der Waals surface area contributed by atoms with Crippen molar-refractivity contribution in [2.75, 3.05) is 6.54 Å². The van der Waals surface area contributed by atoms with Crippen molar-refractivity contribution in [1.29, 1.82) is 0 Å². The molecule has 1 fully saturated rings. The number of hydrogen-bond acceptors (Lipinski definition) is 2. The molecule has 0 radical (unpaired) electrons. The van der Waals surface area contributed by atoms with E-state index in [0.29, 0.717) is 11.7 Å². The fraction of sp³-hybridized carbons (Fsp3) is 0.667. The summed E-state index contributed by atoms with van der Waals surface area (Å²) in [6.07, 6.45) is 4.52. The lowest BCUT2D eigenvalue weighted by molar-refractivity contribution is 0.0602. The van der Waals surface area contributed by atoms with Crippen LogP contribution in [0, 0.1) is 6.92 Å². The third kappa shape index (κ3) is 2.10. The Kier molecular flexibility index (Phi) is 3.27. The van der Waals surface area contributed by atoms with Crippen LogP contribution in [0.2, 0.25) is 0 Å². The van der Waals surface area contributed by atoms with Crippen LogP contribution in [0.1, 0.15) is 48.8 Å². The van der Waals surface area contributed by atoms with E-state index in [-0.39, 0.29) is 5.91 Å². The van der Waals surface area contributed by atoms with Gasteiger partial charge in [-0.3, -0.25) is 9.89 Å². The molecule has 0 saturated carbocycles. The molecule has 1 aliphatic heterocycles. The van der Waals surface area contributed by atoms with Crippen molar-refractivity contribution >= 4 is 5.91 Å². The Morgan fingerprint density at radius 2 is 2.44 bits per heavy atom. The van der Waals surface area contributed by atoms with Crippen molar-refractivity contribution < 1.29 is 4.79 Å². The summed E-state index contributed by atoms with van der Waals surface area (Å²) >= 11 is 0. The maximum absolute atomic E-state index is 12.2. The first kappa shape index (κ1) is 11.2. The van der Waals surface area contributed by atoms with Crippen molar-refractivity contribution in [1.82, 2.24) is 15.1 Å². The molecule has 1 unspecified atom stereocenters. The fourth-order valence-corrected chi connectivity index (χ4v) is 2.37. The number of rotatable bonds is 2. The highest BCUT2D eigenvalue weighted by Gasteiger charge is 2.27. The van der Waals surface area contributed by atoms with Crippen molar-refractivity contribution in [2.24, 2.45) is 0 Å². The van der Waals surface area contributed by atoms with Gasteiger partial charge in [-0.1, -0.05) is 6.92 Å². The molecule has 0 aromatic carbocycles. The molecule has 88 valence electrons. The quantitative estimate of drug-likeness (QED) is 0.831. The summed E-state index contributed by atoms with van der Waals surface area (Å²) in [5.74, 6) is 0.0795. The Balaban J connectivity index is 2.13. The second kappa shape index (κ2) is 4.68. The normalized spacial score (nSPS) is 21.1. The lowest BCUT2D eigenvalue weighted by atomic mass is 9.99. The SMILES string of the molecule is CCC1CCCCN1C(=O)c1cc(C)[nH]n1. The lowest BCUT2D eigenvalue weighted by Gasteiger charge is -2.34. The van der Waals surface area contributed by atoms with Crippen molar-refractivity contribution in [2.45, 2.75) is 45.6 Å². The number of H-pyrrole nitrogens is 1. The van der Waals surface area contributed by atoms with E-state index in [1.165, 1.54) is 6.42 Å².